The summed E-state index contributed by atoms with van der Waals surface area (Å²) in [6.45, 7) is 5.91. The van der Waals surface area contributed by atoms with E-state index in [0.29, 0.717) is 0 Å². The van der Waals surface area contributed by atoms with Gasteiger partial charge in [0.1, 0.15) is 5.82 Å². The van der Waals surface area contributed by atoms with Crippen molar-refractivity contribution in [2.45, 2.75) is 26.8 Å². The molecule has 0 spiro atoms. The Morgan fingerprint density at radius 3 is 2.50 bits per heavy atom. The van der Waals surface area contributed by atoms with Crippen molar-refractivity contribution in [2.75, 3.05) is 6.54 Å². The number of non-ortho nitro benzene ring substituents is 1. The molecule has 1 unspecified atom stereocenters. The summed E-state index contributed by atoms with van der Waals surface area (Å²) in [7, 11) is 0. The molecule has 1 amide bonds. The Balaban J connectivity index is 2.96. The highest BCUT2D eigenvalue weighted by Crippen LogP contribution is 2.20. The second kappa shape index (κ2) is 5.96. The molecule has 1 aromatic carbocycles. The van der Waals surface area contributed by atoms with Gasteiger partial charge in [0, 0.05) is 18.7 Å². The molecule has 0 bridgehead atoms. The van der Waals surface area contributed by atoms with Crippen LogP contribution in [0.25, 0.3) is 0 Å². The zero-order chi connectivity index (χ0) is 15.5. The second-order valence-corrected chi connectivity index (χ2v) is 5.55. The number of halogens is 1. The molecule has 0 aliphatic heterocycles. The average Bonchev–Trinajstić information content (AvgIpc) is 2.33. The number of nitro groups is 1. The smallest absolute Gasteiger partial charge is 0.272 e. The topological polar surface area (TPSA) is 98.3 Å². The van der Waals surface area contributed by atoms with E-state index >= 15 is 0 Å². The number of nitrogens with one attached hydrogen (secondary N) is 1. The van der Waals surface area contributed by atoms with Gasteiger partial charge in [-0.1, -0.05) is 20.8 Å². The summed E-state index contributed by atoms with van der Waals surface area (Å²) in [5.74, 6) is -1.57. The second-order valence-electron chi connectivity index (χ2n) is 5.55. The molecule has 1 aromatic rings. The number of nitrogens with zero attached hydrogens (tertiary/aromatic N) is 1. The van der Waals surface area contributed by atoms with Crippen LogP contribution in [0.4, 0.5) is 10.1 Å². The van der Waals surface area contributed by atoms with Crippen molar-refractivity contribution in [3.63, 3.8) is 0 Å². The SMILES string of the molecule is CC(C)(C)C(CN)NC(=O)c1ccc([N+](=O)[O-])cc1F. The van der Waals surface area contributed by atoms with Gasteiger partial charge in [-0.25, -0.2) is 4.39 Å². The summed E-state index contributed by atoms with van der Waals surface area (Å²) in [4.78, 5) is 21.8. The minimum Gasteiger partial charge on any atom is -0.347 e. The van der Waals surface area contributed by atoms with Crippen molar-refractivity contribution in [1.82, 2.24) is 5.32 Å². The zero-order valence-corrected chi connectivity index (χ0v) is 11.6. The fourth-order valence-electron chi connectivity index (χ4n) is 1.67. The number of nitrogens with two attached hydrogens (primary N) is 1. The lowest BCUT2D eigenvalue weighted by molar-refractivity contribution is -0.385. The molecule has 3 N–H and O–H groups in total. The quantitative estimate of drug-likeness (QED) is 0.650. The molecule has 0 aliphatic carbocycles. The minimum absolute atomic E-state index is 0.212. The van der Waals surface area contributed by atoms with E-state index in [-0.39, 0.29) is 23.6 Å². The highest BCUT2D eigenvalue weighted by atomic mass is 19.1. The number of nitro benzene ring substituents is 1. The first kappa shape index (κ1) is 16.0. The molecule has 0 saturated carbocycles. The molecule has 110 valence electrons. The van der Waals surface area contributed by atoms with Gasteiger partial charge in [0.2, 0.25) is 0 Å². The first-order chi connectivity index (χ1) is 9.16. The summed E-state index contributed by atoms with van der Waals surface area (Å²) >= 11 is 0. The lowest BCUT2D eigenvalue weighted by Crippen LogP contribution is -2.48. The third kappa shape index (κ3) is 3.74. The van der Waals surface area contributed by atoms with Gasteiger partial charge in [0.25, 0.3) is 11.6 Å². The normalized spacial score (nSPS) is 12.8. The maximum absolute atomic E-state index is 13.7. The number of rotatable bonds is 4. The molecule has 0 radical (unpaired) electrons. The molecule has 0 fully saturated rings. The van der Waals surface area contributed by atoms with Gasteiger partial charge in [-0.2, -0.15) is 0 Å². The highest BCUT2D eigenvalue weighted by molar-refractivity contribution is 5.95. The van der Waals surface area contributed by atoms with Gasteiger partial charge >= 0.3 is 0 Å². The van der Waals surface area contributed by atoms with Crippen molar-refractivity contribution in [2.24, 2.45) is 11.1 Å². The molecule has 0 aliphatic rings. The van der Waals surface area contributed by atoms with E-state index in [1.165, 1.54) is 0 Å². The van der Waals surface area contributed by atoms with E-state index in [4.69, 9.17) is 5.73 Å². The number of hydrogen-bond acceptors (Lipinski definition) is 4. The minimum atomic E-state index is -0.929. The predicted octanol–water partition coefficient (Wildman–Crippen LogP) is 1.84. The molecular weight excluding hydrogens is 265 g/mol. The van der Waals surface area contributed by atoms with E-state index in [9.17, 15) is 19.3 Å². The van der Waals surface area contributed by atoms with E-state index in [1.54, 1.807) is 0 Å². The maximum Gasteiger partial charge on any atom is 0.272 e. The Morgan fingerprint density at radius 1 is 1.50 bits per heavy atom. The average molecular weight is 283 g/mol. The molecule has 1 atom stereocenters. The van der Waals surface area contributed by atoms with Gasteiger partial charge in [-0.05, 0) is 11.5 Å². The van der Waals surface area contributed by atoms with E-state index in [2.05, 4.69) is 5.32 Å². The molecular formula is C13H18FN3O3. The zero-order valence-electron chi connectivity index (χ0n) is 11.6. The van der Waals surface area contributed by atoms with Crippen LogP contribution in [0.5, 0.6) is 0 Å². The summed E-state index contributed by atoms with van der Waals surface area (Å²) < 4.78 is 13.7. The van der Waals surface area contributed by atoms with Gasteiger partial charge < -0.3 is 11.1 Å². The van der Waals surface area contributed by atoms with Crippen LogP contribution in [0.2, 0.25) is 0 Å². The van der Waals surface area contributed by atoms with Crippen molar-refractivity contribution >= 4 is 11.6 Å². The van der Waals surface area contributed by atoms with Crippen LogP contribution >= 0.6 is 0 Å². The van der Waals surface area contributed by atoms with Crippen molar-refractivity contribution in [3.05, 3.63) is 39.7 Å². The molecule has 20 heavy (non-hydrogen) atoms. The summed E-state index contributed by atoms with van der Waals surface area (Å²) in [6.07, 6.45) is 0. The molecule has 7 heteroatoms. The van der Waals surface area contributed by atoms with Gasteiger partial charge in [-0.3, -0.25) is 14.9 Å². The van der Waals surface area contributed by atoms with Crippen LogP contribution in [0.1, 0.15) is 31.1 Å². The van der Waals surface area contributed by atoms with Crippen LogP contribution in [-0.4, -0.2) is 23.4 Å². The van der Waals surface area contributed by atoms with E-state index in [0.717, 1.165) is 18.2 Å². The lowest BCUT2D eigenvalue weighted by atomic mass is 9.86. The number of carbonyl (C=O) groups is 1. The first-order valence-corrected chi connectivity index (χ1v) is 6.11. The third-order valence-electron chi connectivity index (χ3n) is 2.99. The Bertz CT molecular complexity index is 526. The number of carbonyl (C=O) groups excluding carboxylic acids is 1. The predicted molar refractivity (Wildman–Crippen MR) is 72.8 cm³/mol. The first-order valence-electron chi connectivity index (χ1n) is 6.11. The number of benzene rings is 1. The summed E-state index contributed by atoms with van der Waals surface area (Å²) in [5.41, 5.74) is 4.68. The Hall–Kier alpha value is -2.02. The largest absolute Gasteiger partial charge is 0.347 e. The molecule has 0 heterocycles. The Labute approximate surface area is 116 Å². The van der Waals surface area contributed by atoms with Crippen LogP contribution < -0.4 is 11.1 Å². The Kier molecular flexibility index (Phi) is 4.78. The third-order valence-corrected chi connectivity index (χ3v) is 2.99. The van der Waals surface area contributed by atoms with Gasteiger partial charge in [0.05, 0.1) is 16.6 Å². The molecule has 0 aromatic heterocycles. The van der Waals surface area contributed by atoms with Crippen molar-refractivity contribution in [1.29, 1.82) is 0 Å². The lowest BCUT2D eigenvalue weighted by Gasteiger charge is -2.30. The molecule has 6 nitrogen and oxygen atoms in total. The summed E-state index contributed by atoms with van der Waals surface area (Å²) in [5, 5.41) is 13.2. The number of hydrogen-bond donors (Lipinski definition) is 2. The molecule has 1 rings (SSSR count). The maximum atomic E-state index is 13.7. The van der Waals surface area contributed by atoms with Crippen molar-refractivity contribution < 1.29 is 14.1 Å². The van der Waals surface area contributed by atoms with Crippen molar-refractivity contribution in [3.8, 4) is 0 Å². The fraction of sp³-hybridized carbons (Fsp3) is 0.462. The van der Waals surface area contributed by atoms with Crippen LogP contribution in [0.15, 0.2) is 18.2 Å². The summed E-state index contributed by atoms with van der Waals surface area (Å²) in [6, 6.07) is 2.58. The molecule has 0 saturated heterocycles. The van der Waals surface area contributed by atoms with Crippen LogP contribution in [0, 0.1) is 21.3 Å². The van der Waals surface area contributed by atoms with E-state index in [1.807, 2.05) is 20.8 Å². The monoisotopic (exact) mass is 283 g/mol. The number of amides is 1. The Morgan fingerprint density at radius 2 is 2.10 bits per heavy atom. The fourth-order valence-corrected chi connectivity index (χ4v) is 1.67. The van der Waals surface area contributed by atoms with E-state index < -0.39 is 22.3 Å². The van der Waals surface area contributed by atoms with Gasteiger partial charge in [-0.15, -0.1) is 0 Å². The van der Waals surface area contributed by atoms with Gasteiger partial charge in [0.15, 0.2) is 0 Å². The standard InChI is InChI=1S/C13H18FN3O3/c1-13(2,3)11(7-15)16-12(18)9-5-4-8(17(19)20)6-10(9)14/h4-6,11H,7,15H2,1-3H3,(H,16,18). The van der Waals surface area contributed by atoms with Crippen LogP contribution in [-0.2, 0) is 0 Å². The van der Waals surface area contributed by atoms with Crippen LogP contribution in [0.3, 0.4) is 0 Å². The highest BCUT2D eigenvalue weighted by Gasteiger charge is 2.26.